The van der Waals surface area contributed by atoms with Gasteiger partial charge in [0, 0.05) is 18.7 Å². The van der Waals surface area contributed by atoms with E-state index in [0.717, 1.165) is 12.1 Å². The van der Waals surface area contributed by atoms with Crippen LogP contribution in [0.4, 0.5) is 0 Å². The van der Waals surface area contributed by atoms with Crippen LogP contribution >= 0.6 is 0 Å². The first kappa shape index (κ1) is 17.1. The van der Waals surface area contributed by atoms with Gasteiger partial charge in [-0.15, -0.1) is 0 Å². The molecular formula is C17H24N4O2. The van der Waals surface area contributed by atoms with E-state index in [2.05, 4.69) is 29.2 Å². The van der Waals surface area contributed by atoms with Crippen molar-refractivity contribution in [3.63, 3.8) is 0 Å². The van der Waals surface area contributed by atoms with Crippen molar-refractivity contribution >= 4 is 5.91 Å². The van der Waals surface area contributed by atoms with Crippen molar-refractivity contribution in [2.24, 2.45) is 11.8 Å². The van der Waals surface area contributed by atoms with Gasteiger partial charge in [-0.2, -0.15) is 5.10 Å². The summed E-state index contributed by atoms with van der Waals surface area (Å²) in [6, 6.07) is 7.22. The molecule has 1 aromatic heterocycles. The summed E-state index contributed by atoms with van der Waals surface area (Å²) in [4.78, 5) is 16.1. The van der Waals surface area contributed by atoms with Crippen molar-refractivity contribution in [2.75, 3.05) is 13.2 Å². The number of nitrogens with zero attached hydrogens (tertiary/aromatic N) is 3. The summed E-state index contributed by atoms with van der Waals surface area (Å²) in [7, 11) is 0. The summed E-state index contributed by atoms with van der Waals surface area (Å²) in [6.45, 7) is 5.03. The Balaban J connectivity index is 1.92. The van der Waals surface area contributed by atoms with Gasteiger partial charge in [-0.05, 0) is 48.9 Å². The summed E-state index contributed by atoms with van der Waals surface area (Å²) >= 11 is 0. The summed E-state index contributed by atoms with van der Waals surface area (Å²) in [6.07, 6.45) is 4.78. The topological polar surface area (TPSA) is 80.0 Å². The second-order valence-electron chi connectivity index (χ2n) is 6.10. The second kappa shape index (κ2) is 8.43. The van der Waals surface area contributed by atoms with Gasteiger partial charge in [0.1, 0.15) is 12.7 Å². The summed E-state index contributed by atoms with van der Waals surface area (Å²) in [5.74, 6) is 0.755. The predicted octanol–water partition coefficient (Wildman–Crippen LogP) is 2.04. The molecule has 0 saturated carbocycles. The minimum atomic E-state index is -0.0955. The largest absolute Gasteiger partial charge is 0.396 e. The van der Waals surface area contributed by atoms with E-state index in [0.29, 0.717) is 30.4 Å². The maximum atomic E-state index is 12.2. The minimum absolute atomic E-state index is 0.0955. The number of hydrogen-bond donors (Lipinski definition) is 2. The molecule has 1 amide bonds. The number of rotatable bonds is 8. The van der Waals surface area contributed by atoms with Gasteiger partial charge in [0.2, 0.25) is 0 Å². The maximum absolute atomic E-state index is 12.2. The number of nitrogens with one attached hydrogen (secondary N) is 1. The third-order valence-electron chi connectivity index (χ3n) is 3.71. The van der Waals surface area contributed by atoms with Crippen LogP contribution in [-0.4, -0.2) is 38.9 Å². The molecule has 0 aliphatic rings. The highest BCUT2D eigenvalue weighted by Crippen LogP contribution is 2.15. The van der Waals surface area contributed by atoms with Crippen LogP contribution in [0.3, 0.4) is 0 Å². The molecule has 6 nitrogen and oxygen atoms in total. The lowest BCUT2D eigenvalue weighted by atomic mass is 9.94. The van der Waals surface area contributed by atoms with Gasteiger partial charge in [-0.3, -0.25) is 4.79 Å². The average Bonchev–Trinajstić information content (AvgIpc) is 3.06. The standard InChI is InChI=1S/C17H24N4O2/c1-13(2)9-14(7-8-22)10-19-17(23)15-3-5-16(6-4-15)21-12-18-11-20-21/h3-6,11-14,22H,7-10H2,1-2H3,(H,19,23). The van der Waals surface area contributed by atoms with E-state index in [-0.39, 0.29) is 12.5 Å². The number of aromatic nitrogens is 3. The molecule has 2 aromatic rings. The van der Waals surface area contributed by atoms with Crippen LogP contribution in [-0.2, 0) is 0 Å². The Morgan fingerprint density at radius 2 is 2.04 bits per heavy atom. The zero-order chi connectivity index (χ0) is 16.7. The van der Waals surface area contributed by atoms with Crippen molar-refractivity contribution in [3.8, 4) is 5.69 Å². The molecule has 0 radical (unpaired) electrons. The molecule has 1 heterocycles. The van der Waals surface area contributed by atoms with E-state index < -0.39 is 0 Å². The SMILES string of the molecule is CC(C)CC(CCO)CNC(=O)c1ccc(-n2cncn2)cc1. The number of aliphatic hydroxyl groups is 1. The average molecular weight is 316 g/mol. The third kappa shape index (κ3) is 5.17. The molecule has 1 atom stereocenters. The van der Waals surface area contributed by atoms with Crippen molar-refractivity contribution in [2.45, 2.75) is 26.7 Å². The smallest absolute Gasteiger partial charge is 0.251 e. The molecular weight excluding hydrogens is 292 g/mol. The minimum Gasteiger partial charge on any atom is -0.396 e. The van der Waals surface area contributed by atoms with Crippen molar-refractivity contribution in [1.29, 1.82) is 0 Å². The fourth-order valence-electron chi connectivity index (χ4n) is 2.60. The van der Waals surface area contributed by atoms with E-state index in [9.17, 15) is 4.79 Å². The van der Waals surface area contributed by atoms with Crippen LogP contribution in [0, 0.1) is 11.8 Å². The third-order valence-corrected chi connectivity index (χ3v) is 3.71. The molecule has 23 heavy (non-hydrogen) atoms. The lowest BCUT2D eigenvalue weighted by molar-refractivity contribution is 0.0941. The highest BCUT2D eigenvalue weighted by atomic mass is 16.3. The molecule has 2 rings (SSSR count). The van der Waals surface area contributed by atoms with Gasteiger partial charge < -0.3 is 10.4 Å². The fraction of sp³-hybridized carbons (Fsp3) is 0.471. The number of aliphatic hydroxyl groups excluding tert-OH is 1. The zero-order valence-corrected chi connectivity index (χ0v) is 13.6. The Labute approximate surface area is 136 Å². The molecule has 0 saturated heterocycles. The van der Waals surface area contributed by atoms with Crippen LogP contribution in [0.15, 0.2) is 36.9 Å². The van der Waals surface area contributed by atoms with Gasteiger partial charge >= 0.3 is 0 Å². The number of hydrogen-bond acceptors (Lipinski definition) is 4. The molecule has 0 spiro atoms. The Morgan fingerprint density at radius 1 is 1.30 bits per heavy atom. The van der Waals surface area contributed by atoms with E-state index in [4.69, 9.17) is 5.11 Å². The van der Waals surface area contributed by atoms with E-state index in [1.54, 1.807) is 23.1 Å². The summed E-state index contributed by atoms with van der Waals surface area (Å²) < 4.78 is 1.64. The van der Waals surface area contributed by atoms with Crippen LogP contribution in [0.25, 0.3) is 5.69 Å². The van der Waals surface area contributed by atoms with Crippen LogP contribution < -0.4 is 5.32 Å². The molecule has 0 aliphatic heterocycles. The number of amides is 1. The molecule has 0 fully saturated rings. The lowest BCUT2D eigenvalue weighted by Crippen LogP contribution is -2.30. The number of benzene rings is 1. The molecule has 0 aliphatic carbocycles. The Kier molecular flexibility index (Phi) is 6.29. The predicted molar refractivity (Wildman–Crippen MR) is 88.3 cm³/mol. The van der Waals surface area contributed by atoms with Gasteiger partial charge in [-0.25, -0.2) is 9.67 Å². The van der Waals surface area contributed by atoms with Crippen molar-refractivity contribution < 1.29 is 9.90 Å². The summed E-state index contributed by atoms with van der Waals surface area (Å²) in [5.41, 5.74) is 1.47. The normalized spacial score (nSPS) is 12.3. The fourth-order valence-corrected chi connectivity index (χ4v) is 2.60. The van der Waals surface area contributed by atoms with Gasteiger partial charge in [0.05, 0.1) is 5.69 Å². The maximum Gasteiger partial charge on any atom is 0.251 e. The molecule has 1 unspecified atom stereocenters. The second-order valence-corrected chi connectivity index (χ2v) is 6.10. The van der Waals surface area contributed by atoms with Gasteiger partial charge in [-0.1, -0.05) is 13.8 Å². The Bertz CT molecular complexity index is 594. The molecule has 0 bridgehead atoms. The van der Waals surface area contributed by atoms with Crippen LogP contribution in [0.5, 0.6) is 0 Å². The highest BCUT2D eigenvalue weighted by molar-refractivity contribution is 5.94. The van der Waals surface area contributed by atoms with Crippen LogP contribution in [0.1, 0.15) is 37.0 Å². The molecule has 124 valence electrons. The molecule has 6 heteroatoms. The quantitative estimate of drug-likeness (QED) is 0.781. The van der Waals surface area contributed by atoms with E-state index in [1.165, 1.54) is 6.33 Å². The van der Waals surface area contributed by atoms with E-state index in [1.807, 2.05) is 12.1 Å². The monoisotopic (exact) mass is 316 g/mol. The number of carbonyl (C=O) groups excluding carboxylic acids is 1. The summed E-state index contributed by atoms with van der Waals surface area (Å²) in [5, 5.41) is 16.1. The van der Waals surface area contributed by atoms with Gasteiger partial charge in [0.25, 0.3) is 5.91 Å². The molecule has 1 aromatic carbocycles. The van der Waals surface area contributed by atoms with Gasteiger partial charge in [0.15, 0.2) is 0 Å². The Morgan fingerprint density at radius 3 is 2.61 bits per heavy atom. The highest BCUT2D eigenvalue weighted by Gasteiger charge is 2.13. The first-order valence-corrected chi connectivity index (χ1v) is 7.94. The first-order valence-electron chi connectivity index (χ1n) is 7.94. The van der Waals surface area contributed by atoms with E-state index >= 15 is 0 Å². The van der Waals surface area contributed by atoms with Crippen molar-refractivity contribution in [1.82, 2.24) is 20.1 Å². The number of carbonyl (C=O) groups is 1. The Hall–Kier alpha value is -2.21. The molecule has 2 N–H and O–H groups in total. The van der Waals surface area contributed by atoms with Crippen LogP contribution in [0.2, 0.25) is 0 Å². The lowest BCUT2D eigenvalue weighted by Gasteiger charge is -2.18. The first-order chi connectivity index (χ1) is 11.1. The zero-order valence-electron chi connectivity index (χ0n) is 13.6. The van der Waals surface area contributed by atoms with Crippen molar-refractivity contribution in [3.05, 3.63) is 42.5 Å².